The molecule has 0 aliphatic heterocycles. The van der Waals surface area contributed by atoms with E-state index in [1.165, 1.54) is 141 Å². The predicted molar refractivity (Wildman–Crippen MR) is 205 cm³/mol. The summed E-state index contributed by atoms with van der Waals surface area (Å²) in [6.07, 6.45) is 46.7. The Labute approximate surface area is 298 Å². The lowest BCUT2D eigenvalue weighted by molar-refractivity contribution is -0.161. The lowest BCUT2D eigenvalue weighted by Gasteiger charge is -2.15. The van der Waals surface area contributed by atoms with E-state index in [-0.39, 0.29) is 25.2 Å². The monoisotopic (exact) mass is 677 g/mol. The summed E-state index contributed by atoms with van der Waals surface area (Å²) in [5, 5.41) is 9.56. The molecule has 0 aromatic rings. The van der Waals surface area contributed by atoms with E-state index in [1.54, 1.807) is 0 Å². The molecule has 5 nitrogen and oxygen atoms in total. The number of rotatable bonds is 38. The number of ether oxygens (including phenoxy) is 2. The molecular formula is C43H80O5. The summed E-state index contributed by atoms with van der Waals surface area (Å²) in [6.45, 7) is 4.10. The third kappa shape index (κ3) is 37.2. The first kappa shape index (κ1) is 46.4. The molecule has 282 valence electrons. The SMILES string of the molecule is CCCC/C=C/C/C=C/CCCCCCCC(=O)O[C@@H](CO)COC(=O)CCCCCCCCCCCCCCCCCCCCCC. The Morgan fingerprint density at radius 2 is 0.854 bits per heavy atom. The van der Waals surface area contributed by atoms with Crippen LogP contribution < -0.4 is 0 Å². The zero-order valence-electron chi connectivity index (χ0n) is 32.0. The van der Waals surface area contributed by atoms with Gasteiger partial charge in [0, 0.05) is 12.8 Å². The molecule has 0 saturated heterocycles. The van der Waals surface area contributed by atoms with Crippen molar-refractivity contribution < 1.29 is 24.2 Å². The molecular weight excluding hydrogens is 596 g/mol. The number of hydrogen-bond donors (Lipinski definition) is 1. The van der Waals surface area contributed by atoms with Crippen molar-refractivity contribution in [1.82, 2.24) is 0 Å². The van der Waals surface area contributed by atoms with Gasteiger partial charge in [0.05, 0.1) is 6.61 Å². The highest BCUT2D eigenvalue weighted by molar-refractivity contribution is 5.70. The van der Waals surface area contributed by atoms with Gasteiger partial charge in [0.15, 0.2) is 6.10 Å². The molecule has 5 heteroatoms. The van der Waals surface area contributed by atoms with Gasteiger partial charge in [-0.1, -0.05) is 192 Å². The van der Waals surface area contributed by atoms with E-state index < -0.39 is 6.10 Å². The smallest absolute Gasteiger partial charge is 0.306 e. The molecule has 0 amide bonds. The Balaban J connectivity index is 3.50. The van der Waals surface area contributed by atoms with Gasteiger partial charge in [0.25, 0.3) is 0 Å². The van der Waals surface area contributed by atoms with Crippen molar-refractivity contribution >= 4 is 11.9 Å². The second kappa shape index (κ2) is 39.8. The zero-order chi connectivity index (χ0) is 35.0. The summed E-state index contributed by atoms with van der Waals surface area (Å²) in [4.78, 5) is 24.3. The van der Waals surface area contributed by atoms with E-state index >= 15 is 0 Å². The van der Waals surface area contributed by atoms with Crippen molar-refractivity contribution in [3.63, 3.8) is 0 Å². The lowest BCUT2D eigenvalue weighted by Crippen LogP contribution is -2.28. The molecule has 48 heavy (non-hydrogen) atoms. The average Bonchev–Trinajstić information content (AvgIpc) is 3.09. The number of allylic oxidation sites excluding steroid dienone is 4. The fraction of sp³-hybridized carbons (Fsp3) is 0.860. The zero-order valence-corrected chi connectivity index (χ0v) is 32.0. The summed E-state index contributed by atoms with van der Waals surface area (Å²) in [7, 11) is 0. The third-order valence-electron chi connectivity index (χ3n) is 9.25. The molecule has 1 N–H and O–H groups in total. The molecule has 0 unspecified atom stereocenters. The topological polar surface area (TPSA) is 72.8 Å². The van der Waals surface area contributed by atoms with Crippen molar-refractivity contribution in [3.8, 4) is 0 Å². The Bertz CT molecular complexity index is 731. The van der Waals surface area contributed by atoms with Crippen molar-refractivity contribution in [1.29, 1.82) is 0 Å². The van der Waals surface area contributed by atoms with Gasteiger partial charge in [0.1, 0.15) is 6.61 Å². The van der Waals surface area contributed by atoms with Crippen molar-refractivity contribution in [3.05, 3.63) is 24.3 Å². The van der Waals surface area contributed by atoms with E-state index in [2.05, 4.69) is 38.2 Å². The summed E-state index contributed by atoms with van der Waals surface area (Å²) in [6, 6.07) is 0. The van der Waals surface area contributed by atoms with E-state index in [0.29, 0.717) is 12.8 Å². The Kier molecular flexibility index (Phi) is 38.5. The van der Waals surface area contributed by atoms with Gasteiger partial charge in [-0.25, -0.2) is 0 Å². The van der Waals surface area contributed by atoms with Crippen LogP contribution in [0.25, 0.3) is 0 Å². The number of aliphatic hydroxyl groups excluding tert-OH is 1. The number of hydrogen-bond acceptors (Lipinski definition) is 5. The number of carbonyl (C=O) groups is 2. The third-order valence-corrected chi connectivity index (χ3v) is 9.25. The van der Waals surface area contributed by atoms with Gasteiger partial charge < -0.3 is 14.6 Å². The minimum absolute atomic E-state index is 0.0671. The van der Waals surface area contributed by atoms with Gasteiger partial charge in [-0.2, -0.15) is 0 Å². The fourth-order valence-electron chi connectivity index (χ4n) is 6.04. The molecule has 0 fully saturated rings. The maximum Gasteiger partial charge on any atom is 0.306 e. The molecule has 0 spiro atoms. The van der Waals surface area contributed by atoms with Crippen LogP contribution in [0.2, 0.25) is 0 Å². The normalized spacial score (nSPS) is 12.3. The van der Waals surface area contributed by atoms with Crippen molar-refractivity contribution in [2.75, 3.05) is 13.2 Å². The van der Waals surface area contributed by atoms with Crippen LogP contribution in [0.3, 0.4) is 0 Å². The maximum atomic E-state index is 12.2. The van der Waals surface area contributed by atoms with Gasteiger partial charge >= 0.3 is 11.9 Å². The number of unbranched alkanes of at least 4 members (excludes halogenated alkanes) is 26. The van der Waals surface area contributed by atoms with Gasteiger partial charge in [-0.15, -0.1) is 0 Å². The quantitative estimate of drug-likeness (QED) is 0.0400. The van der Waals surface area contributed by atoms with Crippen LogP contribution >= 0.6 is 0 Å². The summed E-state index contributed by atoms with van der Waals surface area (Å²) >= 11 is 0. The molecule has 0 rings (SSSR count). The Hall–Kier alpha value is -1.62. The first-order valence-electron chi connectivity index (χ1n) is 20.9. The van der Waals surface area contributed by atoms with Gasteiger partial charge in [0.2, 0.25) is 0 Å². The average molecular weight is 677 g/mol. The van der Waals surface area contributed by atoms with E-state index in [9.17, 15) is 14.7 Å². The minimum Gasteiger partial charge on any atom is -0.462 e. The standard InChI is InChI=1S/C43H80O5/c1-3-5-7-9-11-13-15-17-19-20-21-22-23-24-26-27-29-31-33-35-37-42(45)47-40-41(39-44)48-43(46)38-36-34-32-30-28-25-18-16-14-12-10-8-6-4-2/h10,12,16,18,41,44H,3-9,11,13-15,17,19-40H2,1-2H3/b12-10+,18-16+/t41-/m0/s1. The van der Waals surface area contributed by atoms with Crippen LogP contribution in [-0.4, -0.2) is 36.4 Å². The van der Waals surface area contributed by atoms with Crippen LogP contribution in [0, 0.1) is 0 Å². The van der Waals surface area contributed by atoms with Crippen LogP contribution in [-0.2, 0) is 19.1 Å². The largest absolute Gasteiger partial charge is 0.462 e. The second-order valence-electron chi connectivity index (χ2n) is 14.1. The first-order valence-corrected chi connectivity index (χ1v) is 20.9. The van der Waals surface area contributed by atoms with Gasteiger partial charge in [-0.05, 0) is 38.5 Å². The molecule has 0 radical (unpaired) electrons. The van der Waals surface area contributed by atoms with Gasteiger partial charge in [-0.3, -0.25) is 9.59 Å². The summed E-state index contributed by atoms with van der Waals surface area (Å²) in [5.74, 6) is -0.598. The fourth-order valence-corrected chi connectivity index (χ4v) is 6.04. The number of carbonyl (C=O) groups excluding carboxylic acids is 2. The van der Waals surface area contributed by atoms with Crippen LogP contribution in [0.4, 0.5) is 0 Å². The Morgan fingerprint density at radius 1 is 0.479 bits per heavy atom. The van der Waals surface area contributed by atoms with E-state index in [0.717, 1.165) is 51.4 Å². The number of esters is 2. The van der Waals surface area contributed by atoms with Crippen LogP contribution in [0.1, 0.15) is 219 Å². The minimum atomic E-state index is -0.773. The molecule has 1 atom stereocenters. The molecule has 0 aliphatic carbocycles. The highest BCUT2D eigenvalue weighted by atomic mass is 16.6. The predicted octanol–water partition coefficient (Wildman–Crippen LogP) is 13.1. The maximum absolute atomic E-state index is 12.2. The molecule has 0 aromatic heterocycles. The Morgan fingerprint density at radius 3 is 1.29 bits per heavy atom. The van der Waals surface area contributed by atoms with E-state index in [4.69, 9.17) is 9.47 Å². The van der Waals surface area contributed by atoms with Crippen LogP contribution in [0.15, 0.2) is 24.3 Å². The molecule has 0 heterocycles. The second-order valence-corrected chi connectivity index (χ2v) is 14.1. The number of aliphatic hydroxyl groups is 1. The molecule has 0 bridgehead atoms. The molecule has 0 aromatic carbocycles. The first-order chi connectivity index (χ1) is 23.6. The lowest BCUT2D eigenvalue weighted by atomic mass is 10.0. The van der Waals surface area contributed by atoms with E-state index in [1.807, 2.05) is 0 Å². The molecule has 0 saturated carbocycles. The van der Waals surface area contributed by atoms with Crippen molar-refractivity contribution in [2.24, 2.45) is 0 Å². The summed E-state index contributed by atoms with van der Waals surface area (Å²) in [5.41, 5.74) is 0. The van der Waals surface area contributed by atoms with Crippen molar-refractivity contribution in [2.45, 2.75) is 225 Å². The highest BCUT2D eigenvalue weighted by Gasteiger charge is 2.16. The van der Waals surface area contributed by atoms with Crippen LogP contribution in [0.5, 0.6) is 0 Å². The highest BCUT2D eigenvalue weighted by Crippen LogP contribution is 2.15. The molecule has 0 aliphatic rings. The summed E-state index contributed by atoms with van der Waals surface area (Å²) < 4.78 is 10.6.